The predicted octanol–water partition coefficient (Wildman–Crippen LogP) is 3.08. The van der Waals surface area contributed by atoms with Gasteiger partial charge in [-0.2, -0.15) is 0 Å². The van der Waals surface area contributed by atoms with Crippen LogP contribution in [0.2, 0.25) is 0 Å². The summed E-state index contributed by atoms with van der Waals surface area (Å²) in [5.74, 6) is 2.28. The molecule has 0 fully saturated rings. The minimum absolute atomic E-state index is 0.153. The fourth-order valence-corrected chi connectivity index (χ4v) is 2.61. The molecule has 2 aliphatic heterocycles. The van der Waals surface area contributed by atoms with Gasteiger partial charge in [-0.15, -0.1) is 0 Å². The van der Waals surface area contributed by atoms with Crippen LogP contribution in [0.4, 0.5) is 0 Å². The maximum atomic E-state index is 5.95. The molecule has 3 heteroatoms. The van der Waals surface area contributed by atoms with Gasteiger partial charge in [0.2, 0.25) is 6.79 Å². The van der Waals surface area contributed by atoms with Crippen LogP contribution in [0.5, 0.6) is 11.5 Å². The van der Waals surface area contributed by atoms with Crippen molar-refractivity contribution in [3.63, 3.8) is 0 Å². The highest BCUT2D eigenvalue weighted by Crippen LogP contribution is 2.46. The van der Waals surface area contributed by atoms with Crippen molar-refractivity contribution < 1.29 is 14.2 Å². The molecule has 17 heavy (non-hydrogen) atoms. The van der Waals surface area contributed by atoms with Crippen molar-refractivity contribution in [2.75, 3.05) is 13.4 Å². The summed E-state index contributed by atoms with van der Waals surface area (Å²) in [6, 6.07) is 4.17. The lowest BCUT2D eigenvalue weighted by Gasteiger charge is -2.30. The molecule has 3 nitrogen and oxygen atoms in total. The first-order valence-corrected chi connectivity index (χ1v) is 6.34. The predicted molar refractivity (Wildman–Crippen MR) is 64.4 cm³/mol. The molecule has 0 bridgehead atoms. The number of rotatable bonds is 2. The van der Waals surface area contributed by atoms with Crippen LogP contribution in [0.1, 0.15) is 37.5 Å². The summed E-state index contributed by atoms with van der Waals surface area (Å²) >= 11 is 0. The minimum Gasteiger partial charge on any atom is -0.454 e. The van der Waals surface area contributed by atoms with E-state index >= 15 is 0 Å². The van der Waals surface area contributed by atoms with Gasteiger partial charge in [-0.1, -0.05) is 26.3 Å². The Labute approximate surface area is 102 Å². The van der Waals surface area contributed by atoms with Gasteiger partial charge in [-0.05, 0) is 24.0 Å². The summed E-state index contributed by atoms with van der Waals surface area (Å²) in [5.41, 5.74) is 2.58. The Morgan fingerprint density at radius 1 is 1.35 bits per heavy atom. The van der Waals surface area contributed by atoms with E-state index in [0.717, 1.165) is 30.9 Å². The van der Waals surface area contributed by atoms with E-state index in [1.165, 1.54) is 11.1 Å². The first-order valence-electron chi connectivity index (χ1n) is 6.34. The first kappa shape index (κ1) is 10.9. The molecule has 1 aromatic rings. The first-order chi connectivity index (χ1) is 8.31. The van der Waals surface area contributed by atoms with E-state index in [2.05, 4.69) is 19.9 Å². The topological polar surface area (TPSA) is 27.7 Å². The zero-order valence-corrected chi connectivity index (χ0v) is 10.4. The standard InChI is InChI=1S/C14H18O3/c1-3-9(2)13-12-10(6-7-15-13)4-5-11-14(12)17-8-16-11/h4-5,9,13H,3,6-8H2,1-2H3/t9-,13-/m1/s1. The normalized spacial score (nSPS) is 23.3. The Bertz CT molecular complexity index is 428. The van der Waals surface area contributed by atoms with Crippen LogP contribution in [0.15, 0.2) is 12.1 Å². The lowest BCUT2D eigenvalue weighted by Crippen LogP contribution is -2.22. The maximum absolute atomic E-state index is 5.95. The van der Waals surface area contributed by atoms with Crippen molar-refractivity contribution in [2.45, 2.75) is 32.8 Å². The highest BCUT2D eigenvalue weighted by atomic mass is 16.7. The molecule has 1 aromatic carbocycles. The fourth-order valence-electron chi connectivity index (χ4n) is 2.61. The van der Waals surface area contributed by atoms with Gasteiger partial charge in [-0.3, -0.25) is 0 Å². The molecule has 0 spiro atoms. The summed E-state index contributed by atoms with van der Waals surface area (Å²) < 4.78 is 17.0. The second kappa shape index (κ2) is 4.22. The third-order valence-electron chi connectivity index (χ3n) is 3.78. The molecular weight excluding hydrogens is 216 g/mol. The monoisotopic (exact) mass is 234 g/mol. The highest BCUT2D eigenvalue weighted by molar-refractivity contribution is 5.54. The van der Waals surface area contributed by atoms with Crippen molar-refractivity contribution in [3.05, 3.63) is 23.3 Å². The van der Waals surface area contributed by atoms with Crippen molar-refractivity contribution in [1.29, 1.82) is 0 Å². The van der Waals surface area contributed by atoms with E-state index in [9.17, 15) is 0 Å². The molecule has 0 aliphatic carbocycles. The second-order valence-corrected chi connectivity index (χ2v) is 4.80. The average molecular weight is 234 g/mol. The van der Waals surface area contributed by atoms with Crippen molar-refractivity contribution >= 4 is 0 Å². The summed E-state index contributed by atoms with van der Waals surface area (Å²) in [5, 5.41) is 0. The molecule has 0 amide bonds. The lowest BCUT2D eigenvalue weighted by atomic mass is 9.88. The molecule has 2 heterocycles. The van der Waals surface area contributed by atoms with Gasteiger partial charge in [-0.25, -0.2) is 0 Å². The largest absolute Gasteiger partial charge is 0.454 e. The summed E-state index contributed by atoms with van der Waals surface area (Å²) in [4.78, 5) is 0. The SMILES string of the molecule is CC[C@@H](C)[C@H]1OCCc2ccc3c(c21)OCO3. The smallest absolute Gasteiger partial charge is 0.231 e. The third kappa shape index (κ3) is 1.69. The van der Waals surface area contributed by atoms with Gasteiger partial charge >= 0.3 is 0 Å². The summed E-state index contributed by atoms with van der Waals surface area (Å²) in [6.45, 7) is 5.57. The zero-order valence-electron chi connectivity index (χ0n) is 10.4. The molecule has 2 aliphatic rings. The summed E-state index contributed by atoms with van der Waals surface area (Å²) in [7, 11) is 0. The van der Waals surface area contributed by atoms with E-state index in [4.69, 9.17) is 14.2 Å². The van der Waals surface area contributed by atoms with Crippen LogP contribution < -0.4 is 9.47 Å². The molecule has 2 atom stereocenters. The Morgan fingerprint density at radius 3 is 3.06 bits per heavy atom. The van der Waals surface area contributed by atoms with Gasteiger partial charge < -0.3 is 14.2 Å². The third-order valence-corrected chi connectivity index (χ3v) is 3.78. The Kier molecular flexibility index (Phi) is 2.71. The van der Waals surface area contributed by atoms with Gasteiger partial charge in [0.25, 0.3) is 0 Å². The van der Waals surface area contributed by atoms with Gasteiger partial charge in [0.15, 0.2) is 11.5 Å². The van der Waals surface area contributed by atoms with Gasteiger partial charge in [0.1, 0.15) is 0 Å². The molecule has 0 saturated carbocycles. The molecule has 0 radical (unpaired) electrons. The maximum Gasteiger partial charge on any atom is 0.231 e. The molecule has 3 rings (SSSR count). The second-order valence-electron chi connectivity index (χ2n) is 4.80. The number of fused-ring (bicyclic) bond motifs is 3. The van der Waals surface area contributed by atoms with E-state index in [1.807, 2.05) is 6.07 Å². The molecule has 0 saturated heterocycles. The van der Waals surface area contributed by atoms with Crippen LogP contribution in [0.3, 0.4) is 0 Å². The van der Waals surface area contributed by atoms with Crippen LogP contribution in [-0.2, 0) is 11.2 Å². The van der Waals surface area contributed by atoms with Crippen LogP contribution >= 0.6 is 0 Å². The Balaban J connectivity index is 2.08. The highest BCUT2D eigenvalue weighted by Gasteiger charge is 2.32. The molecule has 0 N–H and O–H groups in total. The van der Waals surface area contributed by atoms with Gasteiger partial charge in [0, 0.05) is 5.56 Å². The van der Waals surface area contributed by atoms with Crippen molar-refractivity contribution in [3.8, 4) is 11.5 Å². The lowest BCUT2D eigenvalue weighted by molar-refractivity contribution is 0.00333. The Hall–Kier alpha value is -1.22. The average Bonchev–Trinajstić information content (AvgIpc) is 2.85. The van der Waals surface area contributed by atoms with Crippen LogP contribution in [-0.4, -0.2) is 13.4 Å². The van der Waals surface area contributed by atoms with Crippen molar-refractivity contribution in [1.82, 2.24) is 0 Å². The zero-order chi connectivity index (χ0) is 11.8. The van der Waals surface area contributed by atoms with E-state index in [1.54, 1.807) is 0 Å². The summed E-state index contributed by atoms with van der Waals surface area (Å²) in [6.07, 6.45) is 2.23. The number of hydrogen-bond donors (Lipinski definition) is 0. The van der Waals surface area contributed by atoms with Crippen molar-refractivity contribution in [2.24, 2.45) is 5.92 Å². The number of hydrogen-bond acceptors (Lipinski definition) is 3. The van der Waals surface area contributed by atoms with E-state index in [-0.39, 0.29) is 6.10 Å². The molecule has 0 unspecified atom stereocenters. The number of ether oxygens (including phenoxy) is 3. The fraction of sp³-hybridized carbons (Fsp3) is 0.571. The minimum atomic E-state index is 0.153. The van der Waals surface area contributed by atoms with Crippen LogP contribution in [0, 0.1) is 5.92 Å². The Morgan fingerprint density at radius 2 is 2.24 bits per heavy atom. The molecular formula is C14H18O3. The quantitative estimate of drug-likeness (QED) is 0.787. The van der Waals surface area contributed by atoms with Gasteiger partial charge in [0.05, 0.1) is 12.7 Å². The van der Waals surface area contributed by atoms with E-state index in [0.29, 0.717) is 12.7 Å². The van der Waals surface area contributed by atoms with Crippen LogP contribution in [0.25, 0.3) is 0 Å². The molecule has 92 valence electrons. The number of benzene rings is 1. The van der Waals surface area contributed by atoms with E-state index < -0.39 is 0 Å². The molecule has 0 aromatic heterocycles.